The van der Waals surface area contributed by atoms with Crippen LogP contribution in [-0.4, -0.2) is 46.3 Å². The molecule has 3 heterocycles. The Morgan fingerprint density at radius 1 is 1.26 bits per heavy atom. The number of ether oxygens (including phenoxy) is 1. The third kappa shape index (κ3) is 4.60. The van der Waals surface area contributed by atoms with Crippen LogP contribution in [0.15, 0.2) is 17.1 Å². The van der Waals surface area contributed by atoms with Gasteiger partial charge in [-0.2, -0.15) is 0 Å². The summed E-state index contributed by atoms with van der Waals surface area (Å²) in [6.45, 7) is 10.3. The van der Waals surface area contributed by atoms with E-state index in [0.717, 1.165) is 35.4 Å². The lowest BCUT2D eigenvalue weighted by molar-refractivity contribution is 0.0494. The van der Waals surface area contributed by atoms with Crippen LogP contribution >= 0.6 is 0 Å². The zero-order valence-electron chi connectivity index (χ0n) is 20.3. The number of hydrogen-bond donors (Lipinski definition) is 2. The van der Waals surface area contributed by atoms with Crippen molar-refractivity contribution in [3.8, 4) is 0 Å². The number of nitrogens with one attached hydrogen (secondary N) is 1. The fourth-order valence-electron chi connectivity index (χ4n) is 4.90. The summed E-state index contributed by atoms with van der Waals surface area (Å²) in [4.78, 5) is 38.5. The average Bonchev–Trinajstić information content (AvgIpc) is 3.44. The molecule has 1 aliphatic heterocycles. The Morgan fingerprint density at radius 3 is 2.53 bits per heavy atom. The van der Waals surface area contributed by atoms with Crippen LogP contribution in [0.5, 0.6) is 0 Å². The Balaban J connectivity index is 1.65. The van der Waals surface area contributed by atoms with Crippen molar-refractivity contribution in [3.05, 3.63) is 45.1 Å². The number of carbonyl (C=O) groups excluding carboxylic acids is 1. The normalized spacial score (nSPS) is 19.4. The maximum absolute atomic E-state index is 15.4. The Morgan fingerprint density at radius 2 is 1.94 bits per heavy atom. The van der Waals surface area contributed by atoms with Gasteiger partial charge in [-0.15, -0.1) is 0 Å². The molecule has 0 spiro atoms. The molecular formula is C25H32FN3O5. The van der Waals surface area contributed by atoms with Crippen molar-refractivity contribution in [1.29, 1.82) is 0 Å². The maximum Gasteiger partial charge on any atom is 0.407 e. The van der Waals surface area contributed by atoms with E-state index >= 15 is 4.39 Å². The summed E-state index contributed by atoms with van der Waals surface area (Å²) in [5.41, 5.74) is 0.780. The molecule has 2 aromatic rings. The van der Waals surface area contributed by atoms with Gasteiger partial charge in [0.2, 0.25) is 0 Å². The van der Waals surface area contributed by atoms with Crippen LogP contribution in [0.1, 0.15) is 74.4 Å². The molecule has 2 fully saturated rings. The number of carbonyl (C=O) groups is 2. The van der Waals surface area contributed by atoms with Gasteiger partial charge in [-0.25, -0.2) is 14.0 Å². The third-order valence-corrected chi connectivity index (χ3v) is 6.68. The summed E-state index contributed by atoms with van der Waals surface area (Å²) < 4.78 is 21.9. The van der Waals surface area contributed by atoms with Crippen molar-refractivity contribution in [3.63, 3.8) is 0 Å². The van der Waals surface area contributed by atoms with Crippen LogP contribution in [0.25, 0.3) is 5.52 Å². The second-order valence-corrected chi connectivity index (χ2v) is 10.5. The number of carboxylic acid groups (broad SMARTS) is 1. The first-order valence-corrected chi connectivity index (χ1v) is 11.7. The van der Waals surface area contributed by atoms with Crippen LogP contribution in [0.3, 0.4) is 0 Å². The van der Waals surface area contributed by atoms with E-state index in [1.807, 2.05) is 11.8 Å². The predicted molar refractivity (Wildman–Crippen MR) is 126 cm³/mol. The monoisotopic (exact) mass is 473 g/mol. The molecule has 0 radical (unpaired) electrons. The fourth-order valence-corrected chi connectivity index (χ4v) is 4.90. The molecule has 1 aliphatic carbocycles. The fraction of sp³-hybridized carbons (Fsp3) is 0.560. The standard InChI is InChI=1S/C25H32FN3O5/c1-13-20-17(15-6-7-15)10-18(23(31)32)22(30)29(20)12-19(26)21(13)28-9-8-16(11-28)14(2)27-24(33)34-25(3,4)5/h10,12,14-16H,6-9,11H2,1-5H3,(H,27,33)(H,31,32)/t14-,16+/m0/s1. The molecule has 1 saturated heterocycles. The van der Waals surface area contributed by atoms with Crippen molar-refractivity contribution < 1.29 is 23.8 Å². The Bertz CT molecular complexity index is 1210. The van der Waals surface area contributed by atoms with E-state index in [4.69, 9.17) is 4.74 Å². The number of halogens is 1. The lowest BCUT2D eigenvalue weighted by atomic mass is 10.0. The number of hydrogen-bond acceptors (Lipinski definition) is 5. The number of aromatic carboxylic acids is 1. The van der Waals surface area contributed by atoms with E-state index in [0.29, 0.717) is 29.9 Å². The first kappa shape index (κ1) is 24.0. The minimum absolute atomic E-state index is 0.0991. The molecule has 2 aromatic heterocycles. The highest BCUT2D eigenvalue weighted by Crippen LogP contribution is 2.44. The van der Waals surface area contributed by atoms with E-state index in [2.05, 4.69) is 5.32 Å². The maximum atomic E-state index is 15.4. The molecule has 9 heteroatoms. The number of alkyl carbamates (subject to hydrolysis) is 1. The third-order valence-electron chi connectivity index (χ3n) is 6.68. The zero-order valence-corrected chi connectivity index (χ0v) is 20.3. The molecule has 4 rings (SSSR count). The van der Waals surface area contributed by atoms with Crippen molar-refractivity contribution >= 4 is 23.3 Å². The van der Waals surface area contributed by atoms with Crippen LogP contribution in [-0.2, 0) is 4.74 Å². The highest BCUT2D eigenvalue weighted by atomic mass is 19.1. The average molecular weight is 474 g/mol. The van der Waals surface area contributed by atoms with Gasteiger partial charge in [-0.05, 0) is 82.9 Å². The summed E-state index contributed by atoms with van der Waals surface area (Å²) >= 11 is 0. The van der Waals surface area contributed by atoms with Crippen molar-refractivity contribution in [2.24, 2.45) is 5.92 Å². The van der Waals surface area contributed by atoms with Crippen molar-refractivity contribution in [2.75, 3.05) is 18.0 Å². The summed E-state index contributed by atoms with van der Waals surface area (Å²) in [6.07, 6.45) is 3.24. The SMILES string of the molecule is Cc1c(N2CC[C@@H]([C@H](C)NC(=O)OC(C)(C)C)C2)c(F)cn2c(=O)c(C(=O)O)cc(C3CC3)c12. The van der Waals surface area contributed by atoms with Crippen LogP contribution in [0.4, 0.5) is 14.9 Å². The molecule has 184 valence electrons. The van der Waals surface area contributed by atoms with E-state index in [1.54, 1.807) is 27.7 Å². The Labute approximate surface area is 197 Å². The number of nitrogens with zero attached hydrogens (tertiary/aromatic N) is 2. The van der Waals surface area contributed by atoms with Gasteiger partial charge in [-0.3, -0.25) is 9.20 Å². The van der Waals surface area contributed by atoms with Crippen molar-refractivity contribution in [1.82, 2.24) is 9.72 Å². The largest absolute Gasteiger partial charge is 0.477 e. The van der Waals surface area contributed by atoms with Gasteiger partial charge < -0.3 is 20.1 Å². The molecule has 1 saturated carbocycles. The molecule has 2 atom stereocenters. The van der Waals surface area contributed by atoms with E-state index in [9.17, 15) is 19.5 Å². The van der Waals surface area contributed by atoms with Gasteiger partial charge in [0.25, 0.3) is 5.56 Å². The van der Waals surface area contributed by atoms with Crippen LogP contribution in [0.2, 0.25) is 0 Å². The molecular weight excluding hydrogens is 441 g/mol. The van der Waals surface area contributed by atoms with Gasteiger partial charge in [0.15, 0.2) is 5.82 Å². The van der Waals surface area contributed by atoms with E-state index in [-0.39, 0.29) is 23.4 Å². The number of pyridine rings is 2. The highest BCUT2D eigenvalue weighted by Gasteiger charge is 2.34. The lowest BCUT2D eigenvalue weighted by Crippen LogP contribution is -2.42. The zero-order chi connectivity index (χ0) is 24.9. The Kier molecular flexibility index (Phi) is 6.08. The summed E-state index contributed by atoms with van der Waals surface area (Å²) in [7, 11) is 0. The van der Waals surface area contributed by atoms with Gasteiger partial charge in [0.05, 0.1) is 17.4 Å². The second kappa shape index (κ2) is 8.60. The number of rotatable bonds is 5. The molecule has 0 bridgehead atoms. The predicted octanol–water partition coefficient (Wildman–Crippen LogP) is 4.06. The van der Waals surface area contributed by atoms with E-state index < -0.39 is 29.0 Å². The molecule has 0 aromatic carbocycles. The summed E-state index contributed by atoms with van der Waals surface area (Å²) in [5, 5.41) is 12.4. The van der Waals surface area contributed by atoms with Gasteiger partial charge in [-0.1, -0.05) is 0 Å². The number of aromatic nitrogens is 1. The summed E-state index contributed by atoms with van der Waals surface area (Å²) in [6, 6.07) is 1.30. The number of anilines is 1. The molecule has 8 nitrogen and oxygen atoms in total. The molecule has 2 aliphatic rings. The lowest BCUT2D eigenvalue weighted by Gasteiger charge is -2.26. The number of amides is 1. The highest BCUT2D eigenvalue weighted by molar-refractivity contribution is 5.89. The van der Waals surface area contributed by atoms with E-state index in [1.165, 1.54) is 6.07 Å². The first-order chi connectivity index (χ1) is 15.9. The minimum Gasteiger partial charge on any atom is -0.477 e. The first-order valence-electron chi connectivity index (χ1n) is 11.7. The Hall–Kier alpha value is -3.10. The molecule has 2 N–H and O–H groups in total. The summed E-state index contributed by atoms with van der Waals surface area (Å²) in [5.74, 6) is -1.60. The molecule has 34 heavy (non-hydrogen) atoms. The van der Waals surface area contributed by atoms with Gasteiger partial charge >= 0.3 is 12.1 Å². The quantitative estimate of drug-likeness (QED) is 0.679. The van der Waals surface area contributed by atoms with Gasteiger partial charge in [0.1, 0.15) is 11.2 Å². The van der Waals surface area contributed by atoms with Crippen LogP contribution in [0, 0.1) is 18.7 Å². The van der Waals surface area contributed by atoms with Gasteiger partial charge in [0, 0.05) is 19.1 Å². The number of fused-ring (bicyclic) bond motifs is 1. The second-order valence-electron chi connectivity index (χ2n) is 10.5. The minimum atomic E-state index is -1.31. The number of aryl methyl sites for hydroxylation is 1. The molecule has 1 amide bonds. The molecule has 0 unspecified atom stereocenters. The van der Waals surface area contributed by atoms with Crippen LogP contribution < -0.4 is 15.8 Å². The number of carboxylic acids is 1. The topological polar surface area (TPSA) is 100 Å². The van der Waals surface area contributed by atoms with Crippen molar-refractivity contribution in [2.45, 2.75) is 71.4 Å². The smallest absolute Gasteiger partial charge is 0.407 e.